The number of ether oxygens (including phenoxy) is 2. The number of aryl methyl sites for hydroxylation is 2. The lowest BCUT2D eigenvalue weighted by Crippen LogP contribution is -2.47. The molecule has 2 atom stereocenters. The first kappa shape index (κ1) is 23.2. The maximum absolute atomic E-state index is 5.99. The highest BCUT2D eigenvalue weighted by Crippen LogP contribution is 2.26. The molecule has 160 valence electrons. The van der Waals surface area contributed by atoms with Crippen LogP contribution >= 0.6 is 24.0 Å². The van der Waals surface area contributed by atoms with E-state index in [2.05, 4.69) is 27.6 Å². The van der Waals surface area contributed by atoms with E-state index in [1.807, 2.05) is 42.8 Å². The van der Waals surface area contributed by atoms with Crippen LogP contribution in [0.4, 0.5) is 0 Å². The summed E-state index contributed by atoms with van der Waals surface area (Å²) >= 11 is 0. The SMILES string of the molecule is CCNC(=NCC(C)Oc1ccccc1OC)NC1CCc2nc(C)nn2C1.I. The molecule has 1 aliphatic heterocycles. The molecule has 8 nitrogen and oxygen atoms in total. The molecule has 2 heterocycles. The second kappa shape index (κ2) is 11.2. The van der Waals surface area contributed by atoms with E-state index in [0.29, 0.717) is 6.54 Å². The smallest absolute Gasteiger partial charge is 0.191 e. The largest absolute Gasteiger partial charge is 0.493 e. The van der Waals surface area contributed by atoms with Crippen LogP contribution in [0.25, 0.3) is 0 Å². The van der Waals surface area contributed by atoms with Crippen LogP contribution in [-0.2, 0) is 13.0 Å². The minimum absolute atomic E-state index is 0. The zero-order chi connectivity index (χ0) is 19.9. The minimum Gasteiger partial charge on any atom is -0.493 e. The van der Waals surface area contributed by atoms with Crippen molar-refractivity contribution in [3.8, 4) is 11.5 Å². The molecule has 0 aliphatic carbocycles. The quantitative estimate of drug-likeness (QED) is 0.336. The van der Waals surface area contributed by atoms with Gasteiger partial charge >= 0.3 is 0 Å². The first-order valence-electron chi connectivity index (χ1n) is 9.84. The molecule has 0 saturated heterocycles. The van der Waals surface area contributed by atoms with Gasteiger partial charge < -0.3 is 20.1 Å². The summed E-state index contributed by atoms with van der Waals surface area (Å²) in [6, 6.07) is 7.93. The number of guanidine groups is 1. The summed E-state index contributed by atoms with van der Waals surface area (Å²) in [6.07, 6.45) is 1.85. The molecule has 1 aliphatic rings. The Balaban J connectivity index is 0.00000300. The molecule has 0 spiro atoms. The molecule has 1 aromatic carbocycles. The van der Waals surface area contributed by atoms with Gasteiger partial charge in [0.2, 0.25) is 0 Å². The van der Waals surface area contributed by atoms with E-state index in [0.717, 1.165) is 55.0 Å². The summed E-state index contributed by atoms with van der Waals surface area (Å²) < 4.78 is 13.3. The topological polar surface area (TPSA) is 85.6 Å². The van der Waals surface area contributed by atoms with Gasteiger partial charge in [-0.1, -0.05) is 12.1 Å². The number of aromatic nitrogens is 3. The van der Waals surface area contributed by atoms with E-state index < -0.39 is 0 Å². The zero-order valence-electron chi connectivity index (χ0n) is 17.5. The maximum Gasteiger partial charge on any atom is 0.191 e. The average Bonchev–Trinajstić information content (AvgIpc) is 3.06. The number of halogens is 1. The third-order valence-electron chi connectivity index (χ3n) is 4.55. The number of rotatable bonds is 7. The van der Waals surface area contributed by atoms with Crippen molar-refractivity contribution in [2.24, 2.45) is 4.99 Å². The molecule has 2 aromatic rings. The van der Waals surface area contributed by atoms with Gasteiger partial charge in [0.05, 0.1) is 20.2 Å². The highest BCUT2D eigenvalue weighted by atomic mass is 127. The Kier molecular flexibility index (Phi) is 8.99. The van der Waals surface area contributed by atoms with E-state index in [4.69, 9.17) is 14.5 Å². The van der Waals surface area contributed by atoms with E-state index in [1.165, 1.54) is 0 Å². The van der Waals surface area contributed by atoms with Crippen LogP contribution < -0.4 is 20.1 Å². The van der Waals surface area contributed by atoms with Crippen LogP contribution in [0.1, 0.15) is 31.9 Å². The first-order chi connectivity index (χ1) is 13.6. The first-order valence-corrected chi connectivity index (χ1v) is 9.84. The molecule has 0 amide bonds. The van der Waals surface area contributed by atoms with Gasteiger partial charge in [-0.2, -0.15) is 5.10 Å². The number of benzene rings is 1. The summed E-state index contributed by atoms with van der Waals surface area (Å²) in [5, 5.41) is 11.3. The normalized spacial score (nSPS) is 17.0. The van der Waals surface area contributed by atoms with Gasteiger partial charge in [-0.25, -0.2) is 14.7 Å². The molecular formula is C20H31IN6O2. The van der Waals surface area contributed by atoms with Crippen LogP contribution in [0.5, 0.6) is 11.5 Å². The molecule has 1 aromatic heterocycles. The summed E-state index contributed by atoms with van der Waals surface area (Å²) in [5.41, 5.74) is 0. The van der Waals surface area contributed by atoms with Crippen LogP contribution in [0.2, 0.25) is 0 Å². The van der Waals surface area contributed by atoms with E-state index in [9.17, 15) is 0 Å². The molecule has 0 fully saturated rings. The summed E-state index contributed by atoms with van der Waals surface area (Å²) in [4.78, 5) is 9.17. The van der Waals surface area contributed by atoms with Crippen molar-refractivity contribution in [2.45, 2.75) is 52.3 Å². The number of aliphatic imine (C=N–C) groups is 1. The lowest BCUT2D eigenvalue weighted by Gasteiger charge is -2.25. The second-order valence-corrected chi connectivity index (χ2v) is 6.94. The van der Waals surface area contributed by atoms with Crippen molar-refractivity contribution in [2.75, 3.05) is 20.2 Å². The molecule has 9 heteroatoms. The Labute approximate surface area is 189 Å². The number of nitrogens with one attached hydrogen (secondary N) is 2. The van der Waals surface area contributed by atoms with Crippen LogP contribution in [0.3, 0.4) is 0 Å². The number of hydrogen-bond donors (Lipinski definition) is 2. The molecule has 29 heavy (non-hydrogen) atoms. The highest BCUT2D eigenvalue weighted by molar-refractivity contribution is 14.0. The Bertz CT molecular complexity index is 810. The number of nitrogens with zero attached hydrogens (tertiary/aromatic N) is 4. The van der Waals surface area contributed by atoms with Crippen LogP contribution in [-0.4, -0.2) is 53.1 Å². The summed E-state index contributed by atoms with van der Waals surface area (Å²) in [6.45, 7) is 8.13. The lowest BCUT2D eigenvalue weighted by atomic mass is 10.1. The van der Waals surface area contributed by atoms with Crippen molar-refractivity contribution in [1.29, 1.82) is 0 Å². The van der Waals surface area contributed by atoms with Crippen molar-refractivity contribution in [3.63, 3.8) is 0 Å². The average molecular weight is 514 g/mol. The van der Waals surface area contributed by atoms with Gasteiger partial charge in [0.25, 0.3) is 0 Å². The van der Waals surface area contributed by atoms with Crippen molar-refractivity contribution >= 4 is 29.9 Å². The third-order valence-corrected chi connectivity index (χ3v) is 4.55. The number of methoxy groups -OCH3 is 1. The Morgan fingerprint density at radius 2 is 2.10 bits per heavy atom. The number of para-hydroxylation sites is 2. The Hall–Kier alpha value is -2.04. The van der Waals surface area contributed by atoms with Crippen molar-refractivity contribution in [3.05, 3.63) is 35.9 Å². The van der Waals surface area contributed by atoms with Gasteiger partial charge in [-0.3, -0.25) is 0 Å². The maximum atomic E-state index is 5.99. The number of fused-ring (bicyclic) bond motifs is 1. The summed E-state index contributed by atoms with van der Waals surface area (Å²) in [5.74, 6) is 4.15. The fourth-order valence-electron chi connectivity index (χ4n) is 3.25. The number of hydrogen-bond acceptors (Lipinski definition) is 5. The monoisotopic (exact) mass is 514 g/mol. The molecule has 3 rings (SSSR count). The fraction of sp³-hybridized carbons (Fsp3) is 0.550. The van der Waals surface area contributed by atoms with E-state index in [1.54, 1.807) is 7.11 Å². The highest BCUT2D eigenvalue weighted by Gasteiger charge is 2.21. The van der Waals surface area contributed by atoms with Gasteiger partial charge in [0, 0.05) is 19.0 Å². The lowest BCUT2D eigenvalue weighted by molar-refractivity contribution is 0.219. The van der Waals surface area contributed by atoms with Crippen LogP contribution in [0.15, 0.2) is 29.3 Å². The van der Waals surface area contributed by atoms with Gasteiger partial charge in [-0.05, 0) is 39.3 Å². The van der Waals surface area contributed by atoms with E-state index in [-0.39, 0.29) is 36.1 Å². The Morgan fingerprint density at radius 3 is 2.83 bits per heavy atom. The van der Waals surface area contributed by atoms with Gasteiger partial charge in [0.15, 0.2) is 17.5 Å². The van der Waals surface area contributed by atoms with Crippen molar-refractivity contribution < 1.29 is 9.47 Å². The van der Waals surface area contributed by atoms with E-state index >= 15 is 0 Å². The Morgan fingerprint density at radius 1 is 1.34 bits per heavy atom. The molecular weight excluding hydrogens is 483 g/mol. The van der Waals surface area contributed by atoms with Gasteiger partial charge in [-0.15, -0.1) is 24.0 Å². The zero-order valence-corrected chi connectivity index (χ0v) is 19.8. The third kappa shape index (κ3) is 6.48. The molecule has 2 N–H and O–H groups in total. The molecule has 0 saturated carbocycles. The predicted octanol–water partition coefficient (Wildman–Crippen LogP) is 2.55. The predicted molar refractivity (Wildman–Crippen MR) is 124 cm³/mol. The van der Waals surface area contributed by atoms with Crippen molar-refractivity contribution in [1.82, 2.24) is 25.4 Å². The summed E-state index contributed by atoms with van der Waals surface area (Å²) in [7, 11) is 1.64. The molecule has 0 bridgehead atoms. The fourth-order valence-corrected chi connectivity index (χ4v) is 3.25. The minimum atomic E-state index is -0.0809. The van der Waals surface area contributed by atoms with Gasteiger partial charge in [0.1, 0.15) is 17.8 Å². The molecule has 2 unspecified atom stereocenters. The standard InChI is InChI=1S/C20H30N6O2.HI/c1-5-21-20(24-16-10-11-19-23-15(3)25-26(19)13-16)22-12-14(2)28-18-9-7-6-8-17(18)27-4;/h6-9,14,16H,5,10-13H2,1-4H3,(H2,21,22,24);1H. The molecule has 0 radical (unpaired) electrons. The van der Waals surface area contributed by atoms with Crippen LogP contribution in [0, 0.1) is 6.92 Å². The second-order valence-electron chi connectivity index (χ2n) is 6.94.